The van der Waals surface area contributed by atoms with Crippen molar-refractivity contribution in [2.45, 2.75) is 13.0 Å². The second-order valence-electron chi connectivity index (χ2n) is 6.13. The van der Waals surface area contributed by atoms with Gasteiger partial charge in [0.2, 0.25) is 5.91 Å². The van der Waals surface area contributed by atoms with E-state index in [4.69, 9.17) is 4.74 Å². The summed E-state index contributed by atoms with van der Waals surface area (Å²) in [5, 5.41) is 8.51. The van der Waals surface area contributed by atoms with Crippen molar-refractivity contribution in [1.82, 2.24) is 15.5 Å². The zero-order valence-electron chi connectivity index (χ0n) is 13.1. The van der Waals surface area contributed by atoms with Gasteiger partial charge in [-0.3, -0.25) is 9.69 Å². The van der Waals surface area contributed by atoms with Gasteiger partial charge in [0.05, 0.1) is 19.3 Å². The lowest BCUT2D eigenvalue weighted by atomic mass is 9.88. The van der Waals surface area contributed by atoms with Gasteiger partial charge in [0.1, 0.15) is 0 Å². The summed E-state index contributed by atoms with van der Waals surface area (Å²) < 4.78 is 5.45. The fourth-order valence-corrected chi connectivity index (χ4v) is 3.88. The van der Waals surface area contributed by atoms with Crippen molar-refractivity contribution in [2.75, 3.05) is 45.9 Å². The van der Waals surface area contributed by atoms with Gasteiger partial charge in [-0.15, -0.1) is 11.3 Å². The molecule has 2 aliphatic heterocycles. The maximum atomic E-state index is 12.4. The Kier molecular flexibility index (Phi) is 5.46. The third kappa shape index (κ3) is 3.68. The van der Waals surface area contributed by atoms with Gasteiger partial charge in [0.15, 0.2) is 0 Å². The van der Waals surface area contributed by atoms with Crippen LogP contribution in [-0.4, -0.2) is 56.7 Å². The van der Waals surface area contributed by atoms with Gasteiger partial charge in [-0.25, -0.2) is 0 Å². The molecule has 1 aromatic rings. The van der Waals surface area contributed by atoms with E-state index in [-0.39, 0.29) is 17.9 Å². The SMILES string of the molecule is CC(C(=O)NCC(c1cccs1)N1CCOCC1)C1CNC1. The molecule has 0 saturated carbocycles. The van der Waals surface area contributed by atoms with Crippen molar-refractivity contribution in [3.63, 3.8) is 0 Å². The van der Waals surface area contributed by atoms with Gasteiger partial charge in [0, 0.05) is 30.4 Å². The normalized spacial score (nSPS) is 22.8. The average Bonchev–Trinajstić information content (AvgIpc) is 3.00. The van der Waals surface area contributed by atoms with Crippen molar-refractivity contribution >= 4 is 17.2 Å². The molecule has 2 unspecified atom stereocenters. The molecule has 0 aliphatic carbocycles. The maximum absolute atomic E-state index is 12.4. The Labute approximate surface area is 136 Å². The molecule has 2 aliphatic rings. The van der Waals surface area contributed by atoms with E-state index in [0.717, 1.165) is 39.4 Å². The number of amides is 1. The van der Waals surface area contributed by atoms with Crippen molar-refractivity contribution in [1.29, 1.82) is 0 Å². The number of morpholine rings is 1. The molecule has 2 fully saturated rings. The van der Waals surface area contributed by atoms with Crippen molar-refractivity contribution in [3.05, 3.63) is 22.4 Å². The molecule has 5 nitrogen and oxygen atoms in total. The topological polar surface area (TPSA) is 53.6 Å². The van der Waals surface area contributed by atoms with Crippen LogP contribution in [0.1, 0.15) is 17.8 Å². The quantitative estimate of drug-likeness (QED) is 0.823. The lowest BCUT2D eigenvalue weighted by Crippen LogP contribution is -2.50. The average molecular weight is 323 g/mol. The van der Waals surface area contributed by atoms with Crippen LogP contribution in [-0.2, 0) is 9.53 Å². The summed E-state index contributed by atoms with van der Waals surface area (Å²) in [5.41, 5.74) is 0. The molecular weight excluding hydrogens is 298 g/mol. The molecule has 1 aromatic heterocycles. The number of thiophene rings is 1. The summed E-state index contributed by atoms with van der Waals surface area (Å²) >= 11 is 1.76. The highest BCUT2D eigenvalue weighted by Gasteiger charge is 2.30. The summed E-state index contributed by atoms with van der Waals surface area (Å²) in [6, 6.07) is 4.51. The molecule has 3 heterocycles. The highest BCUT2D eigenvalue weighted by molar-refractivity contribution is 7.10. The van der Waals surface area contributed by atoms with Crippen LogP contribution in [0.2, 0.25) is 0 Å². The molecule has 0 aromatic carbocycles. The predicted molar refractivity (Wildman–Crippen MR) is 88.0 cm³/mol. The van der Waals surface area contributed by atoms with E-state index < -0.39 is 0 Å². The third-order valence-electron chi connectivity index (χ3n) is 4.76. The predicted octanol–water partition coefficient (Wildman–Crippen LogP) is 1.09. The summed E-state index contributed by atoms with van der Waals surface area (Å²) in [6.45, 7) is 8.07. The number of nitrogens with one attached hydrogen (secondary N) is 2. The van der Waals surface area contributed by atoms with Crippen molar-refractivity contribution in [2.24, 2.45) is 11.8 Å². The zero-order chi connectivity index (χ0) is 15.4. The van der Waals surface area contributed by atoms with Gasteiger partial charge in [-0.1, -0.05) is 13.0 Å². The number of carbonyl (C=O) groups excluding carboxylic acids is 1. The zero-order valence-corrected chi connectivity index (χ0v) is 13.9. The Balaban J connectivity index is 1.58. The minimum Gasteiger partial charge on any atom is -0.379 e. The Bertz CT molecular complexity index is 470. The van der Waals surface area contributed by atoms with E-state index in [1.807, 2.05) is 6.92 Å². The van der Waals surface area contributed by atoms with Crippen LogP contribution in [0.3, 0.4) is 0 Å². The Hall–Kier alpha value is -0.950. The highest BCUT2D eigenvalue weighted by Crippen LogP contribution is 2.25. The molecule has 6 heteroatoms. The molecular formula is C16H25N3O2S. The summed E-state index contributed by atoms with van der Waals surface area (Å²) in [5.74, 6) is 0.764. The molecule has 2 saturated heterocycles. The van der Waals surface area contributed by atoms with Crippen molar-refractivity contribution in [3.8, 4) is 0 Å². The number of hydrogen-bond acceptors (Lipinski definition) is 5. The Morgan fingerprint density at radius 2 is 2.27 bits per heavy atom. The van der Waals surface area contributed by atoms with Gasteiger partial charge < -0.3 is 15.4 Å². The molecule has 22 heavy (non-hydrogen) atoms. The van der Waals surface area contributed by atoms with Crippen molar-refractivity contribution < 1.29 is 9.53 Å². The Morgan fingerprint density at radius 1 is 1.50 bits per heavy atom. The van der Waals surface area contributed by atoms with Crippen LogP contribution in [0.15, 0.2) is 17.5 Å². The van der Waals surface area contributed by atoms with Gasteiger partial charge in [0.25, 0.3) is 0 Å². The second kappa shape index (κ2) is 7.55. The fourth-order valence-electron chi connectivity index (χ4n) is 3.02. The van der Waals surface area contributed by atoms with Gasteiger partial charge in [-0.2, -0.15) is 0 Å². The number of carbonyl (C=O) groups is 1. The van der Waals surface area contributed by atoms with E-state index in [0.29, 0.717) is 12.5 Å². The number of nitrogens with zero attached hydrogens (tertiary/aromatic N) is 1. The smallest absolute Gasteiger partial charge is 0.223 e. The van der Waals surface area contributed by atoms with Crippen LogP contribution >= 0.6 is 11.3 Å². The molecule has 1 amide bonds. The van der Waals surface area contributed by atoms with Crippen LogP contribution in [0, 0.1) is 11.8 Å². The second-order valence-corrected chi connectivity index (χ2v) is 7.11. The minimum absolute atomic E-state index is 0.0925. The molecule has 2 atom stereocenters. The summed E-state index contributed by atoms with van der Waals surface area (Å²) in [7, 11) is 0. The molecule has 122 valence electrons. The largest absolute Gasteiger partial charge is 0.379 e. The van der Waals surface area contributed by atoms with Crippen LogP contribution < -0.4 is 10.6 Å². The lowest BCUT2D eigenvalue weighted by Gasteiger charge is -2.35. The minimum atomic E-state index is 0.0925. The fraction of sp³-hybridized carbons (Fsp3) is 0.688. The number of hydrogen-bond donors (Lipinski definition) is 2. The maximum Gasteiger partial charge on any atom is 0.223 e. The van der Waals surface area contributed by atoms with Gasteiger partial charge in [-0.05, 0) is 30.5 Å². The summed E-state index contributed by atoms with van der Waals surface area (Å²) in [6.07, 6.45) is 0. The Morgan fingerprint density at radius 3 is 2.86 bits per heavy atom. The lowest BCUT2D eigenvalue weighted by molar-refractivity contribution is -0.127. The molecule has 2 N–H and O–H groups in total. The first kappa shape index (κ1) is 15.9. The first-order valence-electron chi connectivity index (χ1n) is 8.09. The first-order valence-corrected chi connectivity index (χ1v) is 8.97. The van der Waals surface area contributed by atoms with Crippen LogP contribution in [0.5, 0.6) is 0 Å². The molecule has 0 spiro atoms. The van der Waals surface area contributed by atoms with E-state index in [2.05, 4.69) is 33.0 Å². The number of ether oxygens (including phenoxy) is 1. The van der Waals surface area contributed by atoms with E-state index in [1.165, 1.54) is 4.88 Å². The van der Waals surface area contributed by atoms with Crippen LogP contribution in [0.4, 0.5) is 0 Å². The van der Waals surface area contributed by atoms with E-state index in [9.17, 15) is 4.79 Å². The monoisotopic (exact) mass is 323 g/mol. The standard InChI is InChI=1S/C16H25N3O2S/c1-12(13-9-17-10-13)16(20)18-11-14(15-3-2-8-22-15)19-4-6-21-7-5-19/h2-3,8,12-14,17H,4-7,9-11H2,1H3,(H,18,20). The highest BCUT2D eigenvalue weighted by atomic mass is 32.1. The van der Waals surface area contributed by atoms with E-state index >= 15 is 0 Å². The van der Waals surface area contributed by atoms with E-state index in [1.54, 1.807) is 11.3 Å². The molecule has 3 rings (SSSR count). The first-order chi connectivity index (χ1) is 10.8. The van der Waals surface area contributed by atoms with Crippen LogP contribution in [0.25, 0.3) is 0 Å². The summed E-state index contributed by atoms with van der Waals surface area (Å²) in [4.78, 5) is 16.1. The molecule has 0 radical (unpaired) electrons. The number of rotatable bonds is 6. The third-order valence-corrected chi connectivity index (χ3v) is 5.73. The molecule has 0 bridgehead atoms. The van der Waals surface area contributed by atoms with Gasteiger partial charge >= 0.3 is 0 Å².